The average molecular weight is 422 g/mol. The van der Waals surface area contributed by atoms with E-state index in [0.29, 0.717) is 6.54 Å². The molecule has 1 fully saturated rings. The second kappa shape index (κ2) is 6.87. The number of nitrogens with zero attached hydrogens (tertiary/aromatic N) is 2. The molecule has 2 aliphatic rings. The lowest BCUT2D eigenvalue weighted by Crippen LogP contribution is -2.49. The molecule has 6 heteroatoms. The van der Waals surface area contributed by atoms with E-state index in [-0.39, 0.29) is 18.5 Å². The van der Waals surface area contributed by atoms with Crippen molar-refractivity contribution >= 4 is 11.6 Å². The van der Waals surface area contributed by atoms with Crippen molar-refractivity contribution in [2.24, 2.45) is 0 Å². The number of alkyl halides is 3. The van der Waals surface area contributed by atoms with E-state index in [4.69, 9.17) is 0 Å². The second-order valence-corrected chi connectivity index (χ2v) is 8.23. The topological polar surface area (TPSA) is 23.6 Å². The number of likely N-dealkylation sites (tertiary alicyclic amines) is 1. The van der Waals surface area contributed by atoms with Crippen LogP contribution in [0.5, 0.6) is 0 Å². The predicted molar refractivity (Wildman–Crippen MR) is 112 cm³/mol. The maximum absolute atomic E-state index is 13.3. The summed E-state index contributed by atoms with van der Waals surface area (Å²) in [6, 6.07) is 22.9. The van der Waals surface area contributed by atoms with Crippen LogP contribution in [0.25, 0.3) is 0 Å². The number of carbonyl (C=O) groups is 1. The Morgan fingerprint density at radius 2 is 1.58 bits per heavy atom. The maximum atomic E-state index is 13.3. The van der Waals surface area contributed by atoms with Gasteiger partial charge in [-0.05, 0) is 34.9 Å². The minimum absolute atomic E-state index is 0.00453. The minimum Gasteiger partial charge on any atom is -0.353 e. The van der Waals surface area contributed by atoms with Crippen LogP contribution in [-0.2, 0) is 22.9 Å². The van der Waals surface area contributed by atoms with E-state index in [1.165, 1.54) is 12.1 Å². The molecule has 0 bridgehead atoms. The number of fused-ring (bicyclic) bond motifs is 3. The zero-order valence-electron chi connectivity index (χ0n) is 16.9. The number of amides is 1. The highest BCUT2D eigenvalue weighted by atomic mass is 19.4. The first-order chi connectivity index (χ1) is 14.8. The van der Waals surface area contributed by atoms with Crippen LogP contribution in [-0.4, -0.2) is 24.0 Å². The summed E-state index contributed by atoms with van der Waals surface area (Å²) < 4.78 is 39.5. The Hall–Kier alpha value is -3.28. The molecule has 2 aliphatic heterocycles. The van der Waals surface area contributed by atoms with Crippen LogP contribution in [0.2, 0.25) is 0 Å². The van der Waals surface area contributed by atoms with Gasteiger partial charge in [0.15, 0.2) is 0 Å². The van der Waals surface area contributed by atoms with E-state index in [0.717, 1.165) is 34.5 Å². The number of halogens is 3. The summed E-state index contributed by atoms with van der Waals surface area (Å²) in [7, 11) is 1.95. The molecular formula is C25H21F3N2O. The van der Waals surface area contributed by atoms with Gasteiger partial charge in [0.25, 0.3) is 0 Å². The molecule has 1 saturated heterocycles. The number of hydrogen-bond acceptors (Lipinski definition) is 2. The number of carbonyl (C=O) groups excluding carboxylic acids is 1. The molecular weight excluding hydrogens is 401 g/mol. The molecule has 5 rings (SSSR count). The van der Waals surface area contributed by atoms with Crippen molar-refractivity contribution in [2.45, 2.75) is 30.7 Å². The third-order valence-corrected chi connectivity index (χ3v) is 6.54. The van der Waals surface area contributed by atoms with Crippen molar-refractivity contribution in [3.63, 3.8) is 0 Å². The standard InChI is InChI=1S/C25H21F3N2O/c1-29-21-10-6-5-9-20(21)24(18-11-13-19(14-12-18)25(26,27)28)15-22(31)30(23(24)29)16-17-7-3-2-4-8-17/h2-14,23H,15-16H2,1H3/t23-,24+/m1/s1. The number of rotatable bonds is 3. The van der Waals surface area contributed by atoms with Crippen LogP contribution < -0.4 is 4.90 Å². The molecule has 31 heavy (non-hydrogen) atoms. The molecule has 0 aliphatic carbocycles. The molecule has 0 aromatic heterocycles. The van der Waals surface area contributed by atoms with Gasteiger partial charge in [-0.15, -0.1) is 0 Å². The minimum atomic E-state index is -4.40. The molecule has 1 amide bonds. The second-order valence-electron chi connectivity index (χ2n) is 8.23. The van der Waals surface area contributed by atoms with Gasteiger partial charge in [-0.2, -0.15) is 13.2 Å². The lowest BCUT2D eigenvalue weighted by Gasteiger charge is -2.37. The summed E-state index contributed by atoms with van der Waals surface area (Å²) in [5, 5.41) is 0. The van der Waals surface area contributed by atoms with Crippen molar-refractivity contribution in [2.75, 3.05) is 11.9 Å². The van der Waals surface area contributed by atoms with E-state index in [9.17, 15) is 18.0 Å². The summed E-state index contributed by atoms with van der Waals surface area (Å²) in [6.07, 6.45) is -4.49. The average Bonchev–Trinajstić information content (AvgIpc) is 3.19. The zero-order chi connectivity index (χ0) is 21.8. The SMILES string of the molecule is CN1c2ccccc2[C@@]2(c3ccc(C(F)(F)F)cc3)CC(=O)N(Cc3ccccc3)[C@@H]12. The summed E-state index contributed by atoms with van der Waals surface area (Å²) in [5.41, 5.74) is 2.31. The monoisotopic (exact) mass is 422 g/mol. The smallest absolute Gasteiger partial charge is 0.353 e. The third-order valence-electron chi connectivity index (χ3n) is 6.54. The zero-order valence-corrected chi connectivity index (χ0v) is 16.9. The Bertz CT molecular complexity index is 1130. The molecule has 3 nitrogen and oxygen atoms in total. The Labute approximate surface area is 178 Å². The van der Waals surface area contributed by atoms with Crippen LogP contribution >= 0.6 is 0 Å². The number of benzene rings is 3. The molecule has 0 radical (unpaired) electrons. The van der Waals surface area contributed by atoms with Crippen LogP contribution in [0.3, 0.4) is 0 Å². The highest BCUT2D eigenvalue weighted by Gasteiger charge is 2.60. The van der Waals surface area contributed by atoms with E-state index >= 15 is 0 Å². The number of hydrogen-bond donors (Lipinski definition) is 0. The summed E-state index contributed by atoms with van der Waals surface area (Å²) >= 11 is 0. The van der Waals surface area contributed by atoms with Crippen LogP contribution in [0, 0.1) is 0 Å². The molecule has 0 saturated carbocycles. The van der Waals surface area contributed by atoms with Gasteiger partial charge in [0, 0.05) is 25.7 Å². The Balaban J connectivity index is 1.64. The molecule has 0 N–H and O–H groups in total. The number of para-hydroxylation sites is 1. The van der Waals surface area contributed by atoms with Crippen LogP contribution in [0.15, 0.2) is 78.9 Å². The largest absolute Gasteiger partial charge is 0.416 e. The van der Waals surface area contributed by atoms with Gasteiger partial charge in [0.2, 0.25) is 5.91 Å². The van der Waals surface area contributed by atoms with Crippen molar-refractivity contribution in [1.82, 2.24) is 4.90 Å². The fourth-order valence-corrected chi connectivity index (χ4v) is 5.22. The van der Waals surface area contributed by atoms with Crippen LogP contribution in [0.4, 0.5) is 18.9 Å². The summed E-state index contributed by atoms with van der Waals surface area (Å²) in [4.78, 5) is 17.2. The van der Waals surface area contributed by atoms with E-state index in [1.54, 1.807) is 0 Å². The molecule has 0 unspecified atom stereocenters. The molecule has 3 aromatic carbocycles. The lowest BCUT2D eigenvalue weighted by molar-refractivity contribution is -0.137. The lowest BCUT2D eigenvalue weighted by atomic mass is 9.73. The first-order valence-corrected chi connectivity index (χ1v) is 10.2. The third kappa shape index (κ3) is 2.92. The van der Waals surface area contributed by atoms with Gasteiger partial charge in [-0.1, -0.05) is 60.7 Å². The summed E-state index contributed by atoms with van der Waals surface area (Å²) in [6.45, 7) is 0.449. The summed E-state index contributed by atoms with van der Waals surface area (Å²) in [5.74, 6) is -0.00453. The molecule has 2 atom stereocenters. The highest BCUT2D eigenvalue weighted by molar-refractivity contribution is 5.87. The fraction of sp³-hybridized carbons (Fsp3) is 0.240. The Morgan fingerprint density at radius 1 is 0.935 bits per heavy atom. The van der Waals surface area contributed by atoms with Crippen molar-refractivity contribution < 1.29 is 18.0 Å². The molecule has 3 aromatic rings. The normalized spacial score (nSPS) is 22.6. The first kappa shape index (κ1) is 19.7. The van der Waals surface area contributed by atoms with Gasteiger partial charge in [-0.3, -0.25) is 4.79 Å². The van der Waals surface area contributed by atoms with E-state index in [2.05, 4.69) is 4.90 Å². The molecule has 2 heterocycles. The molecule has 158 valence electrons. The van der Waals surface area contributed by atoms with Gasteiger partial charge in [-0.25, -0.2) is 0 Å². The highest BCUT2D eigenvalue weighted by Crippen LogP contribution is 2.56. The molecule has 0 spiro atoms. The quantitative estimate of drug-likeness (QED) is 0.579. The number of anilines is 1. The van der Waals surface area contributed by atoms with Gasteiger partial charge < -0.3 is 9.80 Å². The van der Waals surface area contributed by atoms with Crippen molar-refractivity contribution in [3.05, 3.63) is 101 Å². The van der Waals surface area contributed by atoms with Gasteiger partial charge >= 0.3 is 6.18 Å². The van der Waals surface area contributed by atoms with Gasteiger partial charge in [0.1, 0.15) is 6.17 Å². The fourth-order valence-electron chi connectivity index (χ4n) is 5.22. The Kier molecular flexibility index (Phi) is 4.36. The number of likely N-dealkylation sites (N-methyl/N-ethyl adjacent to an activating group) is 1. The predicted octanol–water partition coefficient (Wildman–Crippen LogP) is 5.20. The van der Waals surface area contributed by atoms with Crippen LogP contribution in [0.1, 0.15) is 28.7 Å². The van der Waals surface area contributed by atoms with E-state index in [1.807, 2.05) is 66.5 Å². The first-order valence-electron chi connectivity index (χ1n) is 10.2. The maximum Gasteiger partial charge on any atom is 0.416 e. The van der Waals surface area contributed by atoms with Crippen molar-refractivity contribution in [1.29, 1.82) is 0 Å². The Morgan fingerprint density at radius 3 is 2.26 bits per heavy atom. The van der Waals surface area contributed by atoms with E-state index < -0.39 is 17.2 Å². The van der Waals surface area contributed by atoms with Gasteiger partial charge in [0.05, 0.1) is 11.0 Å². The van der Waals surface area contributed by atoms with Crippen molar-refractivity contribution in [3.8, 4) is 0 Å².